The van der Waals surface area contributed by atoms with E-state index in [4.69, 9.17) is 0 Å². The molecule has 10 heteroatoms. The van der Waals surface area contributed by atoms with E-state index in [1.165, 1.54) is 6.07 Å². The molecule has 0 aliphatic carbocycles. The van der Waals surface area contributed by atoms with Gasteiger partial charge in [0.15, 0.2) is 0 Å². The first-order valence-corrected chi connectivity index (χ1v) is 9.74. The molecule has 0 aliphatic heterocycles. The molecule has 33 heavy (non-hydrogen) atoms. The van der Waals surface area contributed by atoms with Crippen molar-refractivity contribution in [3.63, 3.8) is 0 Å². The third-order valence-corrected chi connectivity index (χ3v) is 5.16. The van der Waals surface area contributed by atoms with Gasteiger partial charge < -0.3 is 4.98 Å². The third kappa shape index (κ3) is 4.99. The lowest BCUT2D eigenvalue weighted by Crippen LogP contribution is -2.12. The molecule has 0 saturated carbocycles. The number of pyridine rings is 2. The second-order valence-corrected chi connectivity index (χ2v) is 7.78. The molecule has 1 aromatic carbocycles. The van der Waals surface area contributed by atoms with Crippen molar-refractivity contribution in [1.29, 1.82) is 0 Å². The standard InChI is InChI=1S/C23H16F7N3/c1-12-2-19-16(11-33-21(19)32-9-12)7-15-4-14(10-31-20(15)24)3-13-5-17(22(25,26)27)8-18(6-13)23(28,29)30/h2,4-6,8-11H,3,7H2,1H3,(H,32,33). The molecule has 0 unspecified atom stereocenters. The van der Waals surface area contributed by atoms with Gasteiger partial charge in [-0.2, -0.15) is 30.7 Å². The van der Waals surface area contributed by atoms with Gasteiger partial charge >= 0.3 is 12.4 Å². The van der Waals surface area contributed by atoms with Crippen LogP contribution in [0.3, 0.4) is 0 Å². The number of hydrogen-bond donors (Lipinski definition) is 1. The normalized spacial score (nSPS) is 12.5. The fraction of sp³-hybridized carbons (Fsp3) is 0.217. The van der Waals surface area contributed by atoms with Crippen LogP contribution in [0.2, 0.25) is 0 Å². The second kappa shape index (κ2) is 8.17. The van der Waals surface area contributed by atoms with E-state index in [1.807, 2.05) is 13.0 Å². The van der Waals surface area contributed by atoms with Crippen LogP contribution >= 0.6 is 0 Å². The van der Waals surface area contributed by atoms with Crippen molar-refractivity contribution in [2.75, 3.05) is 0 Å². The number of aryl methyl sites for hydroxylation is 1. The molecule has 0 bridgehead atoms. The summed E-state index contributed by atoms with van der Waals surface area (Å²) in [4.78, 5) is 10.9. The van der Waals surface area contributed by atoms with Crippen molar-refractivity contribution < 1.29 is 30.7 Å². The summed E-state index contributed by atoms with van der Waals surface area (Å²) in [5.74, 6) is -0.770. The number of rotatable bonds is 4. The highest BCUT2D eigenvalue weighted by molar-refractivity contribution is 5.80. The predicted molar refractivity (Wildman–Crippen MR) is 107 cm³/mol. The topological polar surface area (TPSA) is 41.6 Å². The van der Waals surface area contributed by atoms with Crippen molar-refractivity contribution >= 4 is 11.0 Å². The van der Waals surface area contributed by atoms with Crippen molar-refractivity contribution in [3.8, 4) is 0 Å². The van der Waals surface area contributed by atoms with Gasteiger partial charge in [-0.1, -0.05) is 0 Å². The number of benzene rings is 1. The number of nitrogens with one attached hydrogen (secondary N) is 1. The first-order valence-electron chi connectivity index (χ1n) is 9.74. The molecule has 0 saturated heterocycles. The largest absolute Gasteiger partial charge is 0.416 e. The summed E-state index contributed by atoms with van der Waals surface area (Å²) in [7, 11) is 0. The Morgan fingerprint density at radius 1 is 0.758 bits per heavy atom. The minimum Gasteiger partial charge on any atom is -0.346 e. The van der Waals surface area contributed by atoms with Crippen molar-refractivity contribution in [2.24, 2.45) is 0 Å². The fourth-order valence-corrected chi connectivity index (χ4v) is 3.63. The van der Waals surface area contributed by atoms with Crippen molar-refractivity contribution in [2.45, 2.75) is 32.1 Å². The number of fused-ring (bicyclic) bond motifs is 1. The molecule has 0 fully saturated rings. The predicted octanol–water partition coefficient (Wildman–Crippen LogP) is 6.62. The number of aromatic nitrogens is 3. The molecule has 4 rings (SSSR count). The smallest absolute Gasteiger partial charge is 0.346 e. The van der Waals surface area contributed by atoms with E-state index in [1.54, 1.807) is 12.4 Å². The highest BCUT2D eigenvalue weighted by atomic mass is 19.4. The fourth-order valence-electron chi connectivity index (χ4n) is 3.63. The van der Waals surface area contributed by atoms with E-state index in [2.05, 4.69) is 15.0 Å². The van der Waals surface area contributed by atoms with Gasteiger partial charge in [0.2, 0.25) is 5.95 Å². The van der Waals surface area contributed by atoms with Crippen LogP contribution < -0.4 is 0 Å². The molecule has 3 heterocycles. The first kappa shape index (κ1) is 22.8. The van der Waals surface area contributed by atoms with Crippen LogP contribution in [0, 0.1) is 12.9 Å². The molecule has 1 N–H and O–H groups in total. The monoisotopic (exact) mass is 467 g/mol. The summed E-state index contributed by atoms with van der Waals surface area (Å²) >= 11 is 0. The number of alkyl halides is 6. The number of halogens is 7. The van der Waals surface area contributed by atoms with Gasteiger partial charge in [0.05, 0.1) is 11.1 Å². The lowest BCUT2D eigenvalue weighted by atomic mass is 9.98. The Bertz CT molecular complexity index is 1290. The molecular formula is C23H16F7N3. The summed E-state index contributed by atoms with van der Waals surface area (Å²) in [6.07, 6.45) is -5.59. The average Bonchev–Trinajstić information content (AvgIpc) is 3.11. The molecule has 0 amide bonds. The molecule has 3 nitrogen and oxygen atoms in total. The lowest BCUT2D eigenvalue weighted by Gasteiger charge is -2.14. The van der Waals surface area contributed by atoms with Crippen LogP contribution in [0.25, 0.3) is 11.0 Å². The minimum absolute atomic E-state index is 0.0743. The van der Waals surface area contributed by atoms with Crippen molar-refractivity contribution in [3.05, 3.63) is 93.8 Å². The molecule has 4 aromatic rings. The summed E-state index contributed by atoms with van der Waals surface area (Å²) in [6, 6.07) is 4.67. The molecule has 3 aromatic heterocycles. The van der Waals surface area contributed by atoms with E-state index in [9.17, 15) is 30.7 Å². The first-order chi connectivity index (χ1) is 15.4. The highest BCUT2D eigenvalue weighted by Crippen LogP contribution is 2.36. The SMILES string of the molecule is Cc1cnc2[nH]cc(Cc3cc(Cc4cc(C(F)(F)F)cc(C(F)(F)F)c4)cnc3F)c2c1. The Hall–Kier alpha value is -3.43. The zero-order chi connectivity index (χ0) is 24.0. The van der Waals surface area contributed by atoms with Gasteiger partial charge in [0, 0.05) is 36.0 Å². The second-order valence-electron chi connectivity index (χ2n) is 7.78. The van der Waals surface area contributed by atoms with Crippen LogP contribution in [-0.4, -0.2) is 15.0 Å². The number of H-pyrrole nitrogens is 1. The Balaban J connectivity index is 1.68. The maximum atomic E-state index is 14.4. The maximum Gasteiger partial charge on any atom is 0.416 e. The average molecular weight is 467 g/mol. The van der Waals surface area contributed by atoms with Crippen LogP contribution in [0.4, 0.5) is 30.7 Å². The quantitative estimate of drug-likeness (QED) is 0.271. The Morgan fingerprint density at radius 2 is 1.42 bits per heavy atom. The van der Waals surface area contributed by atoms with Gasteiger partial charge in [-0.05, 0) is 65.9 Å². The molecule has 172 valence electrons. The van der Waals surface area contributed by atoms with Crippen LogP contribution in [-0.2, 0) is 25.2 Å². The van der Waals surface area contributed by atoms with Gasteiger partial charge in [0.1, 0.15) is 5.65 Å². The summed E-state index contributed by atoms with van der Waals surface area (Å²) < 4.78 is 93.1. The molecule has 0 radical (unpaired) electrons. The van der Waals surface area contributed by atoms with Gasteiger partial charge in [-0.15, -0.1) is 0 Å². The van der Waals surface area contributed by atoms with E-state index in [0.29, 0.717) is 17.8 Å². The van der Waals surface area contributed by atoms with E-state index < -0.39 is 29.4 Å². The zero-order valence-electron chi connectivity index (χ0n) is 17.1. The summed E-state index contributed by atoms with van der Waals surface area (Å²) in [5.41, 5.74) is -0.301. The maximum absolute atomic E-state index is 14.4. The summed E-state index contributed by atoms with van der Waals surface area (Å²) in [5, 5.41) is 0.785. The number of aromatic amines is 1. The van der Waals surface area contributed by atoms with E-state index in [-0.39, 0.29) is 35.6 Å². The van der Waals surface area contributed by atoms with Crippen LogP contribution in [0.15, 0.2) is 48.9 Å². The molecular weight excluding hydrogens is 451 g/mol. The minimum atomic E-state index is -4.94. The Kier molecular flexibility index (Phi) is 5.63. The van der Waals surface area contributed by atoms with Gasteiger partial charge in [0.25, 0.3) is 0 Å². The summed E-state index contributed by atoms with van der Waals surface area (Å²) in [6.45, 7) is 1.86. The van der Waals surface area contributed by atoms with E-state index in [0.717, 1.165) is 22.7 Å². The lowest BCUT2D eigenvalue weighted by molar-refractivity contribution is -0.143. The van der Waals surface area contributed by atoms with Crippen molar-refractivity contribution in [1.82, 2.24) is 15.0 Å². The molecule has 0 spiro atoms. The number of hydrogen-bond acceptors (Lipinski definition) is 2. The highest BCUT2D eigenvalue weighted by Gasteiger charge is 2.36. The van der Waals surface area contributed by atoms with Crippen LogP contribution in [0.1, 0.15) is 38.9 Å². The van der Waals surface area contributed by atoms with E-state index >= 15 is 0 Å². The van der Waals surface area contributed by atoms with Crippen LogP contribution in [0.5, 0.6) is 0 Å². The third-order valence-electron chi connectivity index (χ3n) is 5.16. The molecule has 0 aliphatic rings. The van der Waals surface area contributed by atoms with Gasteiger partial charge in [-0.3, -0.25) is 0 Å². The Labute approximate surface area is 183 Å². The zero-order valence-corrected chi connectivity index (χ0v) is 17.1. The number of nitrogens with zero attached hydrogens (tertiary/aromatic N) is 2. The Morgan fingerprint density at radius 3 is 2.06 bits per heavy atom. The molecule has 0 atom stereocenters. The van der Waals surface area contributed by atoms with Gasteiger partial charge in [-0.25, -0.2) is 9.97 Å².